The van der Waals surface area contributed by atoms with Crippen molar-refractivity contribution in [3.63, 3.8) is 0 Å². The van der Waals surface area contributed by atoms with E-state index < -0.39 is 10.0 Å². The van der Waals surface area contributed by atoms with E-state index in [-0.39, 0.29) is 0 Å². The van der Waals surface area contributed by atoms with Crippen LogP contribution in [0.2, 0.25) is 0 Å². The summed E-state index contributed by atoms with van der Waals surface area (Å²) in [7, 11) is -3.40. The molecule has 27 heavy (non-hydrogen) atoms. The van der Waals surface area contributed by atoms with Crippen molar-refractivity contribution < 1.29 is 8.42 Å². The highest BCUT2D eigenvalue weighted by Gasteiger charge is 2.28. The Bertz CT molecular complexity index is 979. The number of rotatable bonds is 5. The first-order valence-corrected chi connectivity index (χ1v) is 10.4. The molecule has 0 amide bonds. The molecule has 6 nitrogen and oxygen atoms in total. The first-order chi connectivity index (χ1) is 13.1. The minimum absolute atomic E-state index is 0.364. The van der Waals surface area contributed by atoms with Crippen molar-refractivity contribution in [2.24, 2.45) is 0 Å². The number of hydrogen-bond donors (Lipinski definition) is 0. The highest BCUT2D eigenvalue weighted by Crippen LogP contribution is 2.18. The molecule has 1 saturated heterocycles. The summed E-state index contributed by atoms with van der Waals surface area (Å²) in [6.07, 6.45) is 3.91. The van der Waals surface area contributed by atoms with Gasteiger partial charge in [0.25, 0.3) is 0 Å². The maximum Gasteiger partial charge on any atom is 0.243 e. The Labute approximate surface area is 159 Å². The van der Waals surface area contributed by atoms with Crippen LogP contribution in [-0.2, 0) is 16.6 Å². The molecule has 0 atom stereocenters. The van der Waals surface area contributed by atoms with E-state index in [2.05, 4.69) is 10.00 Å². The van der Waals surface area contributed by atoms with Crippen molar-refractivity contribution in [3.8, 4) is 5.69 Å². The average Bonchev–Trinajstić information content (AvgIpc) is 3.18. The Balaban J connectivity index is 1.37. The predicted octanol–water partition coefficient (Wildman–Crippen LogP) is 2.38. The maximum atomic E-state index is 12.7. The van der Waals surface area contributed by atoms with Crippen LogP contribution < -0.4 is 0 Å². The standard InChI is InChI=1S/C20H22N4O2S/c25-27(26,20-9-5-2-6-10-20)23-13-11-22(12-14-23)16-18-15-21-24(17-18)19-7-3-1-4-8-19/h1-10,15,17H,11-14,16H2. The lowest BCUT2D eigenvalue weighted by Gasteiger charge is -2.33. The molecule has 140 valence electrons. The van der Waals surface area contributed by atoms with Gasteiger partial charge in [0.05, 0.1) is 16.8 Å². The van der Waals surface area contributed by atoms with Gasteiger partial charge < -0.3 is 0 Å². The lowest BCUT2D eigenvalue weighted by Crippen LogP contribution is -2.48. The fraction of sp³-hybridized carbons (Fsp3) is 0.250. The smallest absolute Gasteiger partial charge is 0.243 e. The van der Waals surface area contributed by atoms with E-state index in [1.54, 1.807) is 28.6 Å². The summed E-state index contributed by atoms with van der Waals surface area (Å²) in [5.74, 6) is 0. The summed E-state index contributed by atoms with van der Waals surface area (Å²) in [5.41, 5.74) is 2.15. The monoisotopic (exact) mass is 382 g/mol. The van der Waals surface area contributed by atoms with E-state index in [4.69, 9.17) is 0 Å². The zero-order valence-electron chi connectivity index (χ0n) is 15.0. The van der Waals surface area contributed by atoms with Crippen LogP contribution in [0.5, 0.6) is 0 Å². The molecule has 3 aromatic rings. The number of hydrogen-bond acceptors (Lipinski definition) is 4. The van der Waals surface area contributed by atoms with Gasteiger partial charge in [-0.2, -0.15) is 9.40 Å². The molecule has 0 aliphatic carbocycles. The highest BCUT2D eigenvalue weighted by molar-refractivity contribution is 7.89. The van der Waals surface area contributed by atoms with Gasteiger partial charge in [0, 0.05) is 44.5 Å². The fourth-order valence-electron chi connectivity index (χ4n) is 3.29. The van der Waals surface area contributed by atoms with Gasteiger partial charge in [-0.05, 0) is 24.3 Å². The van der Waals surface area contributed by atoms with E-state index >= 15 is 0 Å². The SMILES string of the molecule is O=S(=O)(c1ccccc1)N1CCN(Cc2cnn(-c3ccccc3)c2)CC1. The van der Waals surface area contributed by atoms with Crippen molar-refractivity contribution in [1.29, 1.82) is 0 Å². The van der Waals surface area contributed by atoms with E-state index in [1.807, 2.05) is 53.5 Å². The predicted molar refractivity (Wildman–Crippen MR) is 104 cm³/mol. The third kappa shape index (κ3) is 3.95. The molecule has 0 spiro atoms. The second kappa shape index (κ2) is 7.64. The van der Waals surface area contributed by atoms with Gasteiger partial charge in [-0.1, -0.05) is 36.4 Å². The lowest BCUT2D eigenvalue weighted by atomic mass is 10.3. The van der Waals surface area contributed by atoms with Crippen LogP contribution in [0.3, 0.4) is 0 Å². The average molecular weight is 382 g/mol. The van der Waals surface area contributed by atoms with Gasteiger partial charge in [0.1, 0.15) is 0 Å². The van der Waals surface area contributed by atoms with Gasteiger partial charge in [0.15, 0.2) is 0 Å². The second-order valence-electron chi connectivity index (χ2n) is 6.62. The summed E-state index contributed by atoms with van der Waals surface area (Å²) in [4.78, 5) is 2.63. The first-order valence-electron chi connectivity index (χ1n) is 8.99. The third-order valence-electron chi connectivity index (χ3n) is 4.78. The fourth-order valence-corrected chi connectivity index (χ4v) is 4.73. The number of para-hydroxylation sites is 1. The molecule has 0 saturated carbocycles. The van der Waals surface area contributed by atoms with Crippen LogP contribution in [0, 0.1) is 0 Å². The molecule has 2 aromatic carbocycles. The Hall–Kier alpha value is -2.48. The van der Waals surface area contributed by atoms with Crippen molar-refractivity contribution in [2.45, 2.75) is 11.4 Å². The van der Waals surface area contributed by atoms with Crippen molar-refractivity contribution >= 4 is 10.0 Å². The maximum absolute atomic E-state index is 12.7. The molecule has 1 fully saturated rings. The summed E-state index contributed by atoms with van der Waals surface area (Å²) in [5, 5.41) is 4.43. The summed E-state index contributed by atoms with van der Waals surface area (Å²) >= 11 is 0. The highest BCUT2D eigenvalue weighted by atomic mass is 32.2. The molecule has 1 aliphatic heterocycles. The van der Waals surface area contributed by atoms with E-state index in [9.17, 15) is 8.42 Å². The first kappa shape index (κ1) is 17.9. The van der Waals surface area contributed by atoms with Gasteiger partial charge >= 0.3 is 0 Å². The van der Waals surface area contributed by atoms with Crippen LogP contribution in [0.4, 0.5) is 0 Å². The second-order valence-corrected chi connectivity index (χ2v) is 8.56. The number of aromatic nitrogens is 2. The zero-order chi connectivity index (χ0) is 18.7. The normalized spacial score (nSPS) is 16.4. The summed E-state index contributed by atoms with van der Waals surface area (Å²) in [6.45, 7) is 3.20. The summed E-state index contributed by atoms with van der Waals surface area (Å²) in [6, 6.07) is 18.6. The molecule has 0 N–H and O–H groups in total. The lowest BCUT2D eigenvalue weighted by molar-refractivity contribution is 0.181. The van der Waals surface area contributed by atoms with Crippen LogP contribution in [0.15, 0.2) is 78.0 Å². The number of nitrogens with zero attached hydrogens (tertiary/aromatic N) is 4. The third-order valence-corrected chi connectivity index (χ3v) is 6.69. The largest absolute Gasteiger partial charge is 0.296 e. The number of sulfonamides is 1. The Morgan fingerprint density at radius 1 is 0.852 bits per heavy atom. The van der Waals surface area contributed by atoms with Crippen LogP contribution >= 0.6 is 0 Å². The Kier molecular flexibility index (Phi) is 5.07. The van der Waals surface area contributed by atoms with Gasteiger partial charge in [-0.15, -0.1) is 0 Å². The van der Waals surface area contributed by atoms with Crippen molar-refractivity contribution in [2.75, 3.05) is 26.2 Å². The quantitative estimate of drug-likeness (QED) is 0.680. The molecular weight excluding hydrogens is 360 g/mol. The van der Waals surface area contributed by atoms with Crippen LogP contribution in [-0.4, -0.2) is 53.6 Å². The van der Waals surface area contributed by atoms with Gasteiger partial charge in [-0.3, -0.25) is 4.90 Å². The van der Waals surface area contributed by atoms with E-state index in [0.29, 0.717) is 31.1 Å². The number of piperazine rings is 1. The number of benzene rings is 2. The molecule has 0 bridgehead atoms. The molecule has 7 heteroatoms. The molecule has 2 heterocycles. The zero-order valence-corrected chi connectivity index (χ0v) is 15.8. The van der Waals surface area contributed by atoms with Crippen molar-refractivity contribution in [1.82, 2.24) is 19.0 Å². The van der Waals surface area contributed by atoms with Crippen molar-refractivity contribution in [3.05, 3.63) is 78.6 Å². The Morgan fingerprint density at radius 3 is 2.15 bits per heavy atom. The molecule has 0 radical (unpaired) electrons. The minimum atomic E-state index is -3.40. The molecule has 1 aromatic heterocycles. The molecule has 1 aliphatic rings. The van der Waals surface area contributed by atoms with E-state index in [1.165, 1.54) is 0 Å². The molecule has 4 rings (SSSR count). The van der Waals surface area contributed by atoms with Gasteiger partial charge in [0.2, 0.25) is 10.0 Å². The molecular formula is C20H22N4O2S. The topological polar surface area (TPSA) is 58.4 Å². The Morgan fingerprint density at radius 2 is 1.48 bits per heavy atom. The summed E-state index contributed by atoms with van der Waals surface area (Å²) < 4.78 is 28.9. The minimum Gasteiger partial charge on any atom is -0.296 e. The van der Waals surface area contributed by atoms with Crippen LogP contribution in [0.1, 0.15) is 5.56 Å². The molecule has 0 unspecified atom stereocenters. The van der Waals surface area contributed by atoms with Gasteiger partial charge in [-0.25, -0.2) is 13.1 Å². The van der Waals surface area contributed by atoms with Crippen LogP contribution in [0.25, 0.3) is 5.69 Å². The van der Waals surface area contributed by atoms with E-state index in [0.717, 1.165) is 17.8 Å².